The number of anilines is 1. The maximum absolute atomic E-state index is 13.9. The molecule has 27 heavy (non-hydrogen) atoms. The number of fused-ring (bicyclic) bond motifs is 2. The molecule has 1 aliphatic rings. The highest BCUT2D eigenvalue weighted by molar-refractivity contribution is 7.71. The van der Waals surface area contributed by atoms with Gasteiger partial charge in [0.1, 0.15) is 11.6 Å². The minimum Gasteiger partial charge on any atom is -0.482 e. The number of carbonyl (C=O) groups is 2. The van der Waals surface area contributed by atoms with Crippen molar-refractivity contribution < 1.29 is 18.7 Å². The molecule has 7 nitrogen and oxygen atoms in total. The monoisotopic (exact) mass is 386 g/mol. The predicted octanol–water partition coefficient (Wildman–Crippen LogP) is 3.19. The van der Waals surface area contributed by atoms with Crippen LogP contribution in [0.25, 0.3) is 11.0 Å². The van der Waals surface area contributed by atoms with E-state index in [1.54, 1.807) is 25.1 Å². The molecule has 0 radical (unpaired) electrons. The van der Waals surface area contributed by atoms with E-state index in [4.69, 9.17) is 17.0 Å². The fourth-order valence-electron chi connectivity index (χ4n) is 3.01. The summed E-state index contributed by atoms with van der Waals surface area (Å²) in [4.78, 5) is 29.8. The van der Waals surface area contributed by atoms with Gasteiger partial charge >= 0.3 is 0 Å². The van der Waals surface area contributed by atoms with Gasteiger partial charge in [0.2, 0.25) is 0 Å². The van der Waals surface area contributed by atoms with Crippen molar-refractivity contribution in [1.82, 2.24) is 15.3 Å². The third-order valence-electron chi connectivity index (χ3n) is 4.32. The topological polar surface area (TPSA) is 99.0 Å². The molecule has 1 aliphatic heterocycles. The Hall–Kier alpha value is -3.20. The summed E-state index contributed by atoms with van der Waals surface area (Å²) in [6.45, 7) is 1.77. The van der Waals surface area contributed by atoms with Gasteiger partial charge in [-0.25, -0.2) is 4.39 Å². The molecule has 1 unspecified atom stereocenters. The number of rotatable bonds is 3. The molecular formula is C18H15FN4O3S. The Morgan fingerprint density at radius 2 is 2.11 bits per heavy atom. The Labute approximate surface area is 157 Å². The number of halogens is 1. The third kappa shape index (κ3) is 3.28. The first-order valence-electron chi connectivity index (χ1n) is 8.20. The average Bonchev–Trinajstić information content (AvgIpc) is 2.99. The lowest BCUT2D eigenvalue weighted by atomic mass is 10.1. The summed E-state index contributed by atoms with van der Waals surface area (Å²) in [5.74, 6) is -0.653. The molecule has 138 valence electrons. The number of hydrogen-bond donors (Lipinski definition) is 4. The van der Waals surface area contributed by atoms with Crippen LogP contribution in [-0.4, -0.2) is 28.4 Å². The lowest BCUT2D eigenvalue weighted by Gasteiger charge is -2.21. The quantitative estimate of drug-likeness (QED) is 0.520. The Bertz CT molecular complexity index is 1140. The number of ether oxygens (including phenoxy) is 1. The number of benzene rings is 2. The number of H-pyrrole nitrogens is 2. The third-order valence-corrected chi connectivity index (χ3v) is 4.52. The molecule has 4 N–H and O–H groups in total. The summed E-state index contributed by atoms with van der Waals surface area (Å²) in [6, 6.07) is 7.31. The van der Waals surface area contributed by atoms with Gasteiger partial charge in [-0.1, -0.05) is 6.07 Å². The Morgan fingerprint density at radius 3 is 2.93 bits per heavy atom. The van der Waals surface area contributed by atoms with E-state index >= 15 is 0 Å². The average molecular weight is 386 g/mol. The van der Waals surface area contributed by atoms with Crippen molar-refractivity contribution >= 4 is 40.8 Å². The molecule has 0 fully saturated rings. The summed E-state index contributed by atoms with van der Waals surface area (Å²) in [7, 11) is 0. The summed E-state index contributed by atoms with van der Waals surface area (Å²) in [6.07, 6.45) is 0. The van der Waals surface area contributed by atoms with Crippen LogP contribution in [0, 0.1) is 10.6 Å². The van der Waals surface area contributed by atoms with Gasteiger partial charge in [0.05, 0.1) is 28.3 Å². The second-order valence-electron chi connectivity index (χ2n) is 6.24. The van der Waals surface area contributed by atoms with Crippen LogP contribution in [0.3, 0.4) is 0 Å². The van der Waals surface area contributed by atoms with Gasteiger partial charge in [0.15, 0.2) is 11.4 Å². The van der Waals surface area contributed by atoms with Crippen LogP contribution in [0.1, 0.15) is 28.9 Å². The van der Waals surface area contributed by atoms with Crippen LogP contribution in [0.5, 0.6) is 5.75 Å². The lowest BCUT2D eigenvalue weighted by molar-refractivity contribution is -0.118. The SMILES string of the molecule is CC(NC(=O)c1cc(F)cc2[nH]c(=S)[nH]c12)c1ccc2c(c1)NC(=O)CO2. The van der Waals surface area contributed by atoms with Crippen LogP contribution in [0.15, 0.2) is 30.3 Å². The molecule has 4 rings (SSSR count). The first-order chi connectivity index (χ1) is 12.9. The van der Waals surface area contributed by atoms with E-state index in [0.717, 1.165) is 11.6 Å². The molecule has 9 heteroatoms. The largest absolute Gasteiger partial charge is 0.482 e. The van der Waals surface area contributed by atoms with Crippen molar-refractivity contribution in [2.24, 2.45) is 0 Å². The molecular weight excluding hydrogens is 371 g/mol. The minimum absolute atomic E-state index is 0.0216. The molecule has 2 amide bonds. The van der Waals surface area contributed by atoms with E-state index in [1.165, 1.54) is 6.07 Å². The molecule has 1 atom stereocenters. The van der Waals surface area contributed by atoms with E-state index in [-0.39, 0.29) is 24.1 Å². The van der Waals surface area contributed by atoms with Crippen molar-refractivity contribution in [3.05, 3.63) is 52.0 Å². The molecule has 0 saturated carbocycles. The van der Waals surface area contributed by atoms with E-state index in [1.807, 2.05) is 0 Å². The summed E-state index contributed by atoms with van der Waals surface area (Å²) >= 11 is 5.02. The molecule has 1 aromatic heterocycles. The summed E-state index contributed by atoms with van der Waals surface area (Å²) < 4.78 is 19.5. The smallest absolute Gasteiger partial charge is 0.262 e. The standard InChI is InChI=1S/C18H15FN4O3S/c1-8(9-2-3-14-12(4-9)21-15(24)7-26-14)20-17(25)11-5-10(19)6-13-16(11)23-18(27)22-13/h2-6,8H,7H2,1H3,(H,20,25)(H,21,24)(H2,22,23,27). The summed E-state index contributed by atoms with van der Waals surface area (Å²) in [5.41, 5.74) is 2.33. The second-order valence-corrected chi connectivity index (χ2v) is 6.65. The van der Waals surface area contributed by atoms with Gasteiger partial charge in [-0.3, -0.25) is 9.59 Å². The molecule has 2 aromatic carbocycles. The van der Waals surface area contributed by atoms with Crippen LogP contribution < -0.4 is 15.4 Å². The van der Waals surface area contributed by atoms with Crippen molar-refractivity contribution in [3.63, 3.8) is 0 Å². The molecule has 2 heterocycles. The number of hydrogen-bond acceptors (Lipinski definition) is 4. The van der Waals surface area contributed by atoms with Crippen molar-refractivity contribution in [1.29, 1.82) is 0 Å². The number of aromatic nitrogens is 2. The number of imidazole rings is 1. The number of amides is 2. The van der Waals surface area contributed by atoms with Gasteiger partial charge < -0.3 is 25.3 Å². The van der Waals surface area contributed by atoms with E-state index in [2.05, 4.69) is 20.6 Å². The van der Waals surface area contributed by atoms with Crippen LogP contribution in [-0.2, 0) is 4.79 Å². The molecule has 0 saturated heterocycles. The number of nitrogens with one attached hydrogen (secondary N) is 4. The Balaban J connectivity index is 1.61. The summed E-state index contributed by atoms with van der Waals surface area (Å²) in [5, 5.41) is 5.56. The Morgan fingerprint density at radius 1 is 1.30 bits per heavy atom. The van der Waals surface area contributed by atoms with Gasteiger partial charge in [-0.05, 0) is 49.0 Å². The maximum atomic E-state index is 13.9. The first-order valence-corrected chi connectivity index (χ1v) is 8.60. The van der Waals surface area contributed by atoms with E-state index in [0.29, 0.717) is 27.2 Å². The van der Waals surface area contributed by atoms with Crippen LogP contribution in [0.2, 0.25) is 0 Å². The molecule has 0 aliphatic carbocycles. The highest BCUT2D eigenvalue weighted by Crippen LogP contribution is 2.30. The zero-order chi connectivity index (χ0) is 19.1. The minimum atomic E-state index is -0.542. The van der Waals surface area contributed by atoms with Crippen molar-refractivity contribution in [3.8, 4) is 5.75 Å². The van der Waals surface area contributed by atoms with Crippen LogP contribution >= 0.6 is 12.2 Å². The van der Waals surface area contributed by atoms with Gasteiger partial charge in [-0.15, -0.1) is 0 Å². The highest BCUT2D eigenvalue weighted by atomic mass is 32.1. The first kappa shape index (κ1) is 17.2. The normalized spacial score (nSPS) is 14.2. The maximum Gasteiger partial charge on any atom is 0.262 e. The Kier molecular flexibility index (Phi) is 4.15. The van der Waals surface area contributed by atoms with Gasteiger partial charge in [0.25, 0.3) is 11.8 Å². The molecule has 0 bridgehead atoms. The zero-order valence-corrected chi connectivity index (χ0v) is 15.0. The fraction of sp³-hybridized carbons (Fsp3) is 0.167. The highest BCUT2D eigenvalue weighted by Gasteiger charge is 2.20. The zero-order valence-electron chi connectivity index (χ0n) is 14.2. The van der Waals surface area contributed by atoms with Gasteiger partial charge in [0, 0.05) is 0 Å². The number of carbonyl (C=O) groups excluding carboxylic acids is 2. The van der Waals surface area contributed by atoms with E-state index in [9.17, 15) is 14.0 Å². The second kappa shape index (κ2) is 6.51. The molecule has 0 spiro atoms. The lowest BCUT2D eigenvalue weighted by Crippen LogP contribution is -2.28. The molecule has 3 aromatic rings. The van der Waals surface area contributed by atoms with Crippen molar-refractivity contribution in [2.45, 2.75) is 13.0 Å². The van der Waals surface area contributed by atoms with Crippen LogP contribution in [0.4, 0.5) is 10.1 Å². The van der Waals surface area contributed by atoms with Gasteiger partial charge in [-0.2, -0.15) is 0 Å². The fourth-order valence-corrected chi connectivity index (χ4v) is 3.23. The van der Waals surface area contributed by atoms with E-state index < -0.39 is 11.7 Å². The number of aromatic amines is 2. The predicted molar refractivity (Wildman–Crippen MR) is 99.9 cm³/mol. The van der Waals surface area contributed by atoms with Crippen molar-refractivity contribution in [2.75, 3.05) is 11.9 Å².